The zero-order valence-corrected chi connectivity index (χ0v) is 13.7. The molecule has 1 aromatic rings. The molecule has 0 spiro atoms. The minimum Gasteiger partial charge on any atom is -0.444 e. The smallest absolute Gasteiger partial charge is 0.410 e. The van der Waals surface area contributed by atoms with Crippen molar-refractivity contribution in [1.29, 1.82) is 0 Å². The van der Waals surface area contributed by atoms with Crippen LogP contribution in [0, 0.1) is 0 Å². The molecule has 1 fully saturated rings. The summed E-state index contributed by atoms with van der Waals surface area (Å²) in [4.78, 5) is 13.2. The van der Waals surface area contributed by atoms with Gasteiger partial charge in [0.1, 0.15) is 5.60 Å². The molecule has 1 atom stereocenters. The van der Waals surface area contributed by atoms with Gasteiger partial charge in [-0.3, -0.25) is 4.90 Å². The van der Waals surface area contributed by atoms with Crippen LogP contribution in [-0.2, 0) is 16.1 Å². The first-order chi connectivity index (χ1) is 10.7. The molecule has 0 N–H and O–H groups in total. The van der Waals surface area contributed by atoms with E-state index >= 15 is 0 Å². The Bertz CT molecular complexity index is 528. The molecular formula is C17H23F2NO3. The monoisotopic (exact) mass is 327 g/mol. The summed E-state index contributed by atoms with van der Waals surface area (Å²) in [5.41, 5.74) is 0.241. The Hall–Kier alpha value is -1.69. The van der Waals surface area contributed by atoms with E-state index in [9.17, 15) is 13.6 Å². The second kappa shape index (κ2) is 6.83. The molecule has 0 unspecified atom stereocenters. The van der Waals surface area contributed by atoms with Crippen LogP contribution in [0.5, 0.6) is 0 Å². The number of carbonyl (C=O) groups excluding carboxylic acids is 1. The minimum absolute atomic E-state index is 0.0593. The lowest BCUT2D eigenvalue weighted by Gasteiger charge is -2.28. The zero-order chi connectivity index (χ0) is 17.1. The highest BCUT2D eigenvalue weighted by Crippen LogP contribution is 2.33. The minimum atomic E-state index is -2.91. The quantitative estimate of drug-likeness (QED) is 0.843. The molecule has 1 aliphatic heterocycles. The molecule has 1 amide bonds. The molecule has 1 aliphatic rings. The van der Waals surface area contributed by atoms with Gasteiger partial charge in [0.25, 0.3) is 5.92 Å². The summed E-state index contributed by atoms with van der Waals surface area (Å²) in [6.45, 7) is 4.89. The van der Waals surface area contributed by atoms with Gasteiger partial charge in [0.2, 0.25) is 0 Å². The van der Waals surface area contributed by atoms with Crippen LogP contribution in [0.15, 0.2) is 30.3 Å². The third-order valence-electron chi connectivity index (χ3n) is 3.43. The van der Waals surface area contributed by atoms with Crippen molar-refractivity contribution in [3.63, 3.8) is 0 Å². The summed E-state index contributed by atoms with van der Waals surface area (Å²) in [7, 11) is 0. The summed E-state index contributed by atoms with van der Waals surface area (Å²) in [6, 6.07) is 8.78. The highest BCUT2D eigenvalue weighted by molar-refractivity contribution is 5.69. The van der Waals surface area contributed by atoms with Crippen LogP contribution < -0.4 is 0 Å². The zero-order valence-electron chi connectivity index (χ0n) is 13.7. The maximum atomic E-state index is 13.7. The number of alkyl halides is 2. The van der Waals surface area contributed by atoms with E-state index in [2.05, 4.69) is 0 Å². The Morgan fingerprint density at radius 3 is 2.57 bits per heavy atom. The first-order valence-corrected chi connectivity index (χ1v) is 7.65. The lowest BCUT2D eigenvalue weighted by atomic mass is 10.2. The number of halogens is 2. The average Bonchev–Trinajstić information content (AvgIpc) is 2.73. The van der Waals surface area contributed by atoms with Gasteiger partial charge in [-0.1, -0.05) is 30.3 Å². The molecule has 4 nitrogen and oxygen atoms in total. The van der Waals surface area contributed by atoms with Crippen LogP contribution in [0.2, 0.25) is 0 Å². The number of nitrogens with zero attached hydrogens (tertiary/aromatic N) is 1. The van der Waals surface area contributed by atoms with Crippen LogP contribution in [-0.4, -0.2) is 41.7 Å². The van der Waals surface area contributed by atoms with Crippen molar-refractivity contribution in [2.24, 2.45) is 0 Å². The lowest BCUT2D eigenvalue weighted by molar-refractivity contribution is -0.00388. The van der Waals surface area contributed by atoms with E-state index in [0.29, 0.717) is 6.61 Å². The molecule has 1 aromatic carbocycles. The summed E-state index contributed by atoms with van der Waals surface area (Å²) in [5, 5.41) is 0. The molecule has 128 valence electrons. The highest BCUT2D eigenvalue weighted by atomic mass is 19.3. The summed E-state index contributed by atoms with van der Waals surface area (Å²) in [6.07, 6.45) is -1.12. The van der Waals surface area contributed by atoms with Gasteiger partial charge in [-0.25, -0.2) is 13.6 Å². The third-order valence-corrected chi connectivity index (χ3v) is 3.43. The number of hydrogen-bond acceptors (Lipinski definition) is 3. The molecule has 1 heterocycles. The van der Waals surface area contributed by atoms with E-state index in [1.54, 1.807) is 20.8 Å². The van der Waals surface area contributed by atoms with Crippen molar-refractivity contribution in [3.8, 4) is 0 Å². The van der Waals surface area contributed by atoms with Crippen molar-refractivity contribution >= 4 is 6.09 Å². The van der Waals surface area contributed by atoms with E-state index < -0.39 is 36.6 Å². The van der Waals surface area contributed by atoms with Gasteiger partial charge in [-0.2, -0.15) is 0 Å². The predicted octanol–water partition coefficient (Wildman–Crippen LogP) is 3.85. The summed E-state index contributed by atoms with van der Waals surface area (Å²) < 4.78 is 38.1. The van der Waals surface area contributed by atoms with Crippen molar-refractivity contribution in [1.82, 2.24) is 4.90 Å². The van der Waals surface area contributed by atoms with Crippen LogP contribution >= 0.6 is 0 Å². The van der Waals surface area contributed by atoms with Crippen LogP contribution in [0.4, 0.5) is 13.6 Å². The Morgan fingerprint density at radius 2 is 1.96 bits per heavy atom. The van der Waals surface area contributed by atoms with E-state index in [1.165, 1.54) is 0 Å². The lowest BCUT2D eigenvalue weighted by Crippen LogP contribution is -2.42. The molecule has 0 aromatic heterocycles. The normalized spacial score (nSPS) is 20.6. The van der Waals surface area contributed by atoms with Gasteiger partial charge in [0, 0.05) is 6.42 Å². The van der Waals surface area contributed by atoms with Gasteiger partial charge in [0.15, 0.2) is 0 Å². The second-order valence-electron chi connectivity index (χ2n) is 6.82. The maximum absolute atomic E-state index is 13.7. The number of hydrogen-bond donors (Lipinski definition) is 0. The molecule has 0 saturated carbocycles. The first kappa shape index (κ1) is 17.7. The van der Waals surface area contributed by atoms with Crippen LogP contribution in [0.25, 0.3) is 0 Å². The van der Waals surface area contributed by atoms with E-state index in [1.807, 2.05) is 30.3 Å². The van der Waals surface area contributed by atoms with Gasteiger partial charge in [-0.05, 0) is 26.3 Å². The van der Waals surface area contributed by atoms with Gasteiger partial charge in [0.05, 0.1) is 25.8 Å². The Kier molecular flexibility index (Phi) is 5.24. The fraction of sp³-hybridized carbons (Fsp3) is 0.588. The second-order valence-corrected chi connectivity index (χ2v) is 6.82. The predicted molar refractivity (Wildman–Crippen MR) is 82.4 cm³/mol. The topological polar surface area (TPSA) is 38.8 Å². The number of ether oxygens (including phenoxy) is 2. The van der Waals surface area contributed by atoms with Crippen LogP contribution in [0.3, 0.4) is 0 Å². The Morgan fingerprint density at radius 1 is 1.30 bits per heavy atom. The molecule has 0 bridgehead atoms. The van der Waals surface area contributed by atoms with E-state index in [-0.39, 0.29) is 6.61 Å². The third kappa shape index (κ3) is 5.46. The summed E-state index contributed by atoms with van der Waals surface area (Å²) >= 11 is 0. The first-order valence-electron chi connectivity index (χ1n) is 7.65. The van der Waals surface area contributed by atoms with Crippen molar-refractivity contribution in [2.75, 3.05) is 13.2 Å². The molecule has 23 heavy (non-hydrogen) atoms. The number of amides is 1. The Balaban J connectivity index is 1.93. The molecule has 0 radical (unpaired) electrons. The standard InChI is InChI=1S/C17H23F2NO3/c1-16(2,3)23-15(21)20-12-17(18,19)9-14(20)11-22-10-13-7-5-4-6-8-13/h4-8,14H,9-12H2,1-3H3/t14-/m1/s1. The highest BCUT2D eigenvalue weighted by Gasteiger charge is 2.48. The number of likely N-dealkylation sites (tertiary alicyclic amines) is 1. The fourth-order valence-corrected chi connectivity index (χ4v) is 2.47. The number of rotatable bonds is 4. The molecule has 6 heteroatoms. The number of carbonyl (C=O) groups is 1. The van der Waals surface area contributed by atoms with E-state index in [0.717, 1.165) is 10.5 Å². The molecular weight excluding hydrogens is 304 g/mol. The van der Waals surface area contributed by atoms with E-state index in [4.69, 9.17) is 9.47 Å². The van der Waals surface area contributed by atoms with Gasteiger partial charge < -0.3 is 9.47 Å². The fourth-order valence-electron chi connectivity index (χ4n) is 2.47. The largest absolute Gasteiger partial charge is 0.444 e. The molecule has 0 aliphatic carbocycles. The van der Waals surface area contributed by atoms with Crippen molar-refractivity contribution in [2.45, 2.75) is 51.4 Å². The van der Waals surface area contributed by atoms with Crippen molar-refractivity contribution in [3.05, 3.63) is 35.9 Å². The summed E-state index contributed by atoms with van der Waals surface area (Å²) in [5.74, 6) is -2.91. The van der Waals surface area contributed by atoms with Gasteiger partial charge in [-0.15, -0.1) is 0 Å². The number of benzene rings is 1. The average molecular weight is 327 g/mol. The molecule has 1 saturated heterocycles. The Labute approximate surface area is 135 Å². The molecule has 2 rings (SSSR count). The van der Waals surface area contributed by atoms with Crippen LogP contribution in [0.1, 0.15) is 32.8 Å². The maximum Gasteiger partial charge on any atom is 0.410 e. The van der Waals surface area contributed by atoms with Gasteiger partial charge >= 0.3 is 6.09 Å². The van der Waals surface area contributed by atoms with Crippen molar-refractivity contribution < 1.29 is 23.0 Å². The SMILES string of the molecule is CC(C)(C)OC(=O)N1CC(F)(F)C[C@@H]1COCc1ccccc1.